The number of aromatic nitrogens is 2. The van der Waals surface area contributed by atoms with E-state index in [0.717, 1.165) is 30.8 Å². The molecular formula is C27H28Cl2FN5O3. The van der Waals surface area contributed by atoms with E-state index in [1.54, 1.807) is 30.2 Å². The fourth-order valence-electron chi connectivity index (χ4n) is 4.93. The smallest absolute Gasteiger partial charge is 0.254 e. The molecule has 2 aliphatic heterocycles. The van der Waals surface area contributed by atoms with E-state index >= 15 is 0 Å². The van der Waals surface area contributed by atoms with E-state index in [2.05, 4.69) is 20.4 Å². The number of methoxy groups -OCH3 is 1. The number of halogens is 3. The summed E-state index contributed by atoms with van der Waals surface area (Å²) in [6.45, 7) is 4.87. The summed E-state index contributed by atoms with van der Waals surface area (Å²) in [5.74, 6) is 0.441. The zero-order valence-corrected chi connectivity index (χ0v) is 22.7. The number of hydrogen-bond acceptors (Lipinski definition) is 7. The van der Waals surface area contributed by atoms with E-state index in [4.69, 9.17) is 32.7 Å². The molecule has 3 aromatic rings. The number of fused-ring (bicyclic) bond motifs is 1. The van der Waals surface area contributed by atoms with Crippen LogP contribution in [0.15, 0.2) is 36.4 Å². The van der Waals surface area contributed by atoms with E-state index in [1.807, 2.05) is 13.0 Å². The minimum atomic E-state index is -0.506. The number of hydrogen-bond donors (Lipinski definition) is 1. The van der Waals surface area contributed by atoms with Gasteiger partial charge in [-0.25, -0.2) is 4.39 Å². The highest BCUT2D eigenvalue weighted by Crippen LogP contribution is 2.40. The summed E-state index contributed by atoms with van der Waals surface area (Å²) in [6.07, 6.45) is 1.65. The molecule has 200 valence electrons. The summed E-state index contributed by atoms with van der Waals surface area (Å²) in [7, 11) is 1.55. The predicted octanol–water partition coefficient (Wildman–Crippen LogP) is 5.66. The molecule has 1 amide bonds. The summed E-state index contributed by atoms with van der Waals surface area (Å²) in [5, 5.41) is 12.5. The number of carbonyl (C=O) groups excluding carboxylic acids is 1. The Bertz CT molecular complexity index is 1350. The van der Waals surface area contributed by atoms with Crippen LogP contribution in [-0.4, -0.2) is 61.0 Å². The van der Waals surface area contributed by atoms with Crippen molar-refractivity contribution in [1.29, 1.82) is 0 Å². The van der Waals surface area contributed by atoms with Crippen molar-refractivity contribution >= 4 is 46.3 Å². The molecule has 0 spiro atoms. The highest BCUT2D eigenvalue weighted by molar-refractivity contribution is 6.36. The fraction of sp³-hybridized carbons (Fsp3) is 0.370. The number of morpholine rings is 1. The molecule has 1 atom stereocenters. The number of anilines is 3. The molecule has 1 fully saturated rings. The zero-order chi connectivity index (χ0) is 26.8. The average molecular weight is 560 g/mol. The van der Waals surface area contributed by atoms with Gasteiger partial charge in [0, 0.05) is 41.9 Å². The van der Waals surface area contributed by atoms with Crippen LogP contribution in [0.3, 0.4) is 0 Å². The third kappa shape index (κ3) is 5.23. The Morgan fingerprint density at radius 2 is 1.92 bits per heavy atom. The highest BCUT2D eigenvalue weighted by Gasteiger charge is 2.28. The first-order valence-electron chi connectivity index (χ1n) is 12.5. The lowest BCUT2D eigenvalue weighted by Crippen LogP contribution is -2.40. The van der Waals surface area contributed by atoms with Crippen molar-refractivity contribution in [3.05, 3.63) is 69.1 Å². The van der Waals surface area contributed by atoms with Crippen molar-refractivity contribution in [3.8, 4) is 5.75 Å². The van der Waals surface area contributed by atoms with Gasteiger partial charge in [0.15, 0.2) is 5.82 Å². The fourth-order valence-corrected chi connectivity index (χ4v) is 5.62. The Morgan fingerprint density at radius 3 is 2.68 bits per heavy atom. The molecule has 1 N–H and O–H groups in total. The number of ether oxygens (including phenoxy) is 2. The predicted molar refractivity (Wildman–Crippen MR) is 146 cm³/mol. The lowest BCUT2D eigenvalue weighted by molar-refractivity contribution is 0.0302. The van der Waals surface area contributed by atoms with E-state index in [9.17, 15) is 9.18 Å². The van der Waals surface area contributed by atoms with Crippen LogP contribution in [0.1, 0.15) is 41.0 Å². The van der Waals surface area contributed by atoms with Gasteiger partial charge in [0.25, 0.3) is 5.91 Å². The Balaban J connectivity index is 1.41. The van der Waals surface area contributed by atoms with Crippen molar-refractivity contribution in [2.75, 3.05) is 50.2 Å². The minimum Gasteiger partial charge on any atom is -0.495 e. The summed E-state index contributed by atoms with van der Waals surface area (Å²) >= 11 is 12.8. The molecule has 3 heterocycles. The van der Waals surface area contributed by atoms with Gasteiger partial charge in [0.1, 0.15) is 11.6 Å². The molecule has 2 aromatic carbocycles. The lowest BCUT2D eigenvalue weighted by atomic mass is 10.0. The van der Waals surface area contributed by atoms with E-state index in [0.29, 0.717) is 59.7 Å². The molecule has 1 saturated heterocycles. The van der Waals surface area contributed by atoms with Gasteiger partial charge in [-0.3, -0.25) is 4.79 Å². The maximum absolute atomic E-state index is 14.3. The second kappa shape index (κ2) is 11.3. The van der Waals surface area contributed by atoms with Gasteiger partial charge in [-0.2, -0.15) is 5.10 Å². The first-order chi connectivity index (χ1) is 18.4. The Labute approximate surface area is 230 Å². The van der Waals surface area contributed by atoms with Gasteiger partial charge in [0.05, 0.1) is 48.5 Å². The molecule has 8 nitrogen and oxygen atoms in total. The van der Waals surface area contributed by atoms with Gasteiger partial charge < -0.3 is 24.6 Å². The van der Waals surface area contributed by atoms with E-state index < -0.39 is 5.82 Å². The molecule has 1 aromatic heterocycles. The SMILES string of the molecule is COc1cc(C(=O)N2CCOCC2)ccc1Nc1cc2c(nn1)CCCN2[C@H](C)c1c(Cl)ccc(F)c1Cl. The van der Waals surface area contributed by atoms with Crippen LogP contribution in [0.25, 0.3) is 0 Å². The van der Waals surface area contributed by atoms with Crippen molar-refractivity contribution in [1.82, 2.24) is 15.1 Å². The van der Waals surface area contributed by atoms with E-state index in [1.165, 1.54) is 12.1 Å². The van der Waals surface area contributed by atoms with Gasteiger partial charge in [0.2, 0.25) is 0 Å². The number of aryl methyl sites for hydroxylation is 1. The molecule has 0 saturated carbocycles. The van der Waals surface area contributed by atoms with Gasteiger partial charge >= 0.3 is 0 Å². The van der Waals surface area contributed by atoms with Crippen molar-refractivity contribution in [2.24, 2.45) is 0 Å². The number of carbonyl (C=O) groups is 1. The van der Waals surface area contributed by atoms with Crippen LogP contribution in [0.5, 0.6) is 5.75 Å². The summed E-state index contributed by atoms with van der Waals surface area (Å²) in [5.41, 5.74) is 3.43. The molecule has 0 unspecified atom stereocenters. The second-order valence-electron chi connectivity index (χ2n) is 9.24. The van der Waals surface area contributed by atoms with Gasteiger partial charge in [-0.15, -0.1) is 5.10 Å². The normalized spacial score (nSPS) is 16.1. The molecule has 2 aliphatic rings. The Morgan fingerprint density at radius 1 is 1.13 bits per heavy atom. The Hall–Kier alpha value is -3.14. The van der Waals surface area contributed by atoms with E-state index in [-0.39, 0.29) is 17.0 Å². The lowest BCUT2D eigenvalue weighted by Gasteiger charge is -2.36. The summed E-state index contributed by atoms with van der Waals surface area (Å²) < 4.78 is 25.2. The van der Waals surface area contributed by atoms with Crippen LogP contribution >= 0.6 is 23.2 Å². The van der Waals surface area contributed by atoms with Crippen LogP contribution in [0.2, 0.25) is 10.0 Å². The summed E-state index contributed by atoms with van der Waals surface area (Å²) in [4.78, 5) is 16.8. The quantitative estimate of drug-likeness (QED) is 0.390. The average Bonchev–Trinajstić information content (AvgIpc) is 2.95. The molecular weight excluding hydrogens is 532 g/mol. The standard InChI is InChI=1S/C27H28Cl2FN5O3/c1-16(25-18(28)6-7-19(30)26(25)29)35-9-3-4-20-22(35)15-24(33-32-20)31-21-8-5-17(14-23(21)37-2)27(36)34-10-12-38-13-11-34/h5-8,14-16H,3-4,9-13H2,1-2H3,(H,31,33)/t16-/m1/s1. The third-order valence-corrected chi connectivity index (χ3v) is 7.66. The van der Waals surface area contributed by atoms with Gasteiger partial charge in [-0.1, -0.05) is 23.2 Å². The first-order valence-corrected chi connectivity index (χ1v) is 13.2. The highest BCUT2D eigenvalue weighted by atomic mass is 35.5. The minimum absolute atomic E-state index is 0.0222. The largest absolute Gasteiger partial charge is 0.495 e. The van der Waals surface area contributed by atoms with Crippen LogP contribution < -0.4 is 15.0 Å². The maximum atomic E-state index is 14.3. The van der Waals surface area contributed by atoms with Crippen LogP contribution in [-0.2, 0) is 11.2 Å². The Kier molecular flexibility index (Phi) is 7.88. The number of rotatable bonds is 6. The molecule has 38 heavy (non-hydrogen) atoms. The number of amides is 1. The van der Waals surface area contributed by atoms with Gasteiger partial charge in [-0.05, 0) is 50.1 Å². The number of nitrogens with zero attached hydrogens (tertiary/aromatic N) is 4. The van der Waals surface area contributed by atoms with Crippen molar-refractivity contribution in [3.63, 3.8) is 0 Å². The summed E-state index contributed by atoms with van der Waals surface area (Å²) in [6, 6.07) is 9.68. The molecule has 5 rings (SSSR count). The second-order valence-corrected chi connectivity index (χ2v) is 10.0. The third-order valence-electron chi connectivity index (χ3n) is 6.94. The van der Waals surface area contributed by atoms with Crippen molar-refractivity contribution < 1.29 is 18.7 Å². The van der Waals surface area contributed by atoms with Crippen molar-refractivity contribution in [2.45, 2.75) is 25.8 Å². The number of benzene rings is 2. The molecule has 11 heteroatoms. The van der Waals surface area contributed by atoms with Crippen LogP contribution in [0.4, 0.5) is 21.6 Å². The molecule has 0 aliphatic carbocycles. The topological polar surface area (TPSA) is 79.8 Å². The zero-order valence-electron chi connectivity index (χ0n) is 21.1. The maximum Gasteiger partial charge on any atom is 0.254 e. The monoisotopic (exact) mass is 559 g/mol. The molecule has 0 bridgehead atoms. The number of nitrogens with one attached hydrogen (secondary N) is 1. The molecule has 0 radical (unpaired) electrons. The van der Waals surface area contributed by atoms with Crippen LogP contribution in [0, 0.1) is 5.82 Å². The first kappa shape index (κ1) is 26.5.